The number of halogens is 4. The van der Waals surface area contributed by atoms with Gasteiger partial charge in [0.1, 0.15) is 11.3 Å². The van der Waals surface area contributed by atoms with E-state index in [1.165, 1.54) is 31.4 Å². The number of carbonyl (C=O) groups excluding carboxylic acids is 1. The van der Waals surface area contributed by atoms with Crippen molar-refractivity contribution < 1.29 is 27.4 Å². The third-order valence-corrected chi connectivity index (χ3v) is 4.85. The first-order chi connectivity index (χ1) is 13.7. The van der Waals surface area contributed by atoms with Crippen LogP contribution in [0.3, 0.4) is 0 Å². The number of rotatable bonds is 5. The molecule has 0 saturated carbocycles. The number of hydrogen-bond donors (Lipinski definition) is 0. The summed E-state index contributed by atoms with van der Waals surface area (Å²) in [5, 5.41) is -0.397. The summed E-state index contributed by atoms with van der Waals surface area (Å²) < 4.78 is 49.9. The Hall–Kier alpha value is -2.55. The van der Waals surface area contributed by atoms with Crippen molar-refractivity contribution in [1.29, 1.82) is 0 Å². The maximum atomic E-state index is 13.2. The van der Waals surface area contributed by atoms with E-state index in [4.69, 9.17) is 21.1 Å². The molecule has 156 valence electrons. The molecule has 1 fully saturated rings. The fraction of sp³-hybridized carbons (Fsp3) is 0.421. The molecule has 0 bridgehead atoms. The maximum absolute atomic E-state index is 13.2. The first kappa shape index (κ1) is 21.2. The number of esters is 1. The Morgan fingerprint density at radius 3 is 2.79 bits per heavy atom. The first-order valence-corrected chi connectivity index (χ1v) is 9.24. The smallest absolute Gasteiger partial charge is 0.421 e. The first-order valence-electron chi connectivity index (χ1n) is 8.86. The SMILES string of the molecule is COC(=O)c1cc(C)nc(N2CCC(COc3cccc(Cl)c3C(F)(F)F)C2)n1. The van der Waals surface area contributed by atoms with E-state index in [9.17, 15) is 18.0 Å². The normalized spacial score (nSPS) is 16.8. The molecule has 2 heterocycles. The summed E-state index contributed by atoms with van der Waals surface area (Å²) in [7, 11) is 1.27. The molecule has 0 spiro atoms. The van der Waals surface area contributed by atoms with Crippen LogP contribution in [0.25, 0.3) is 0 Å². The molecule has 0 N–H and O–H groups in total. The van der Waals surface area contributed by atoms with E-state index in [0.717, 1.165) is 0 Å². The van der Waals surface area contributed by atoms with Gasteiger partial charge >= 0.3 is 12.1 Å². The van der Waals surface area contributed by atoms with Gasteiger partial charge in [0, 0.05) is 24.7 Å². The number of alkyl halides is 3. The summed E-state index contributed by atoms with van der Waals surface area (Å²) in [6, 6.07) is 5.39. The quantitative estimate of drug-likeness (QED) is 0.665. The zero-order valence-corrected chi connectivity index (χ0v) is 16.5. The molecule has 1 aliphatic rings. The molecule has 0 aliphatic carbocycles. The van der Waals surface area contributed by atoms with Crippen LogP contribution in [0.4, 0.5) is 19.1 Å². The summed E-state index contributed by atoms with van der Waals surface area (Å²) >= 11 is 5.72. The highest BCUT2D eigenvalue weighted by Gasteiger charge is 2.37. The summed E-state index contributed by atoms with van der Waals surface area (Å²) in [6.07, 6.45) is -3.91. The van der Waals surface area contributed by atoms with Gasteiger partial charge in [-0.05, 0) is 31.5 Å². The van der Waals surface area contributed by atoms with Gasteiger partial charge in [0.25, 0.3) is 0 Å². The van der Waals surface area contributed by atoms with Crippen molar-refractivity contribution >= 4 is 23.5 Å². The van der Waals surface area contributed by atoms with Crippen molar-refractivity contribution in [2.75, 3.05) is 31.7 Å². The molecular weight excluding hydrogens is 411 g/mol. The Balaban J connectivity index is 1.68. The number of aromatic nitrogens is 2. The van der Waals surface area contributed by atoms with Crippen molar-refractivity contribution in [2.45, 2.75) is 19.5 Å². The Bertz CT molecular complexity index is 908. The lowest BCUT2D eigenvalue weighted by Gasteiger charge is -2.19. The molecule has 2 aromatic rings. The Kier molecular flexibility index (Phi) is 6.16. The van der Waals surface area contributed by atoms with E-state index in [1.54, 1.807) is 6.92 Å². The van der Waals surface area contributed by atoms with Crippen LogP contribution < -0.4 is 9.64 Å². The van der Waals surface area contributed by atoms with Crippen molar-refractivity contribution in [3.63, 3.8) is 0 Å². The van der Waals surface area contributed by atoms with Crippen molar-refractivity contribution in [2.24, 2.45) is 5.92 Å². The molecular formula is C19H19ClF3N3O3. The van der Waals surface area contributed by atoms with Gasteiger partial charge in [0.2, 0.25) is 5.95 Å². The van der Waals surface area contributed by atoms with Crippen molar-refractivity contribution in [3.05, 3.63) is 46.2 Å². The Labute approximate surface area is 170 Å². The molecule has 1 aromatic heterocycles. The van der Waals surface area contributed by atoms with Crippen LogP contribution in [0.2, 0.25) is 5.02 Å². The molecule has 1 aliphatic heterocycles. The van der Waals surface area contributed by atoms with Gasteiger partial charge in [-0.25, -0.2) is 14.8 Å². The lowest BCUT2D eigenvalue weighted by atomic mass is 10.1. The zero-order valence-electron chi connectivity index (χ0n) is 15.8. The lowest BCUT2D eigenvalue weighted by Crippen LogP contribution is -2.25. The van der Waals surface area contributed by atoms with Gasteiger partial charge in [0.05, 0.1) is 18.7 Å². The lowest BCUT2D eigenvalue weighted by molar-refractivity contribution is -0.138. The van der Waals surface area contributed by atoms with E-state index in [2.05, 4.69) is 9.97 Å². The molecule has 29 heavy (non-hydrogen) atoms. The highest BCUT2D eigenvalue weighted by atomic mass is 35.5. The minimum atomic E-state index is -4.60. The summed E-state index contributed by atoms with van der Waals surface area (Å²) in [5.41, 5.74) is -0.200. The van der Waals surface area contributed by atoms with Crippen LogP contribution in [0, 0.1) is 12.8 Å². The summed E-state index contributed by atoms with van der Waals surface area (Å²) in [5.74, 6) is -0.493. The number of ether oxygens (including phenoxy) is 2. The van der Waals surface area contributed by atoms with Crippen LogP contribution in [0.1, 0.15) is 28.2 Å². The van der Waals surface area contributed by atoms with Crippen LogP contribution >= 0.6 is 11.6 Å². The van der Waals surface area contributed by atoms with Gasteiger partial charge < -0.3 is 14.4 Å². The highest BCUT2D eigenvalue weighted by molar-refractivity contribution is 6.31. The molecule has 10 heteroatoms. The van der Waals surface area contributed by atoms with Crippen molar-refractivity contribution in [1.82, 2.24) is 9.97 Å². The number of methoxy groups -OCH3 is 1. The van der Waals surface area contributed by atoms with E-state index >= 15 is 0 Å². The molecule has 6 nitrogen and oxygen atoms in total. The van der Waals surface area contributed by atoms with Gasteiger partial charge in [-0.1, -0.05) is 17.7 Å². The highest BCUT2D eigenvalue weighted by Crippen LogP contribution is 2.41. The van der Waals surface area contributed by atoms with Crippen LogP contribution in [0.5, 0.6) is 5.75 Å². The van der Waals surface area contributed by atoms with Gasteiger partial charge in [0.15, 0.2) is 5.69 Å². The fourth-order valence-electron chi connectivity index (χ4n) is 3.16. The molecule has 1 saturated heterocycles. The number of aryl methyl sites for hydroxylation is 1. The largest absolute Gasteiger partial charge is 0.493 e. The standard InChI is InChI=1S/C19H19ClF3N3O3/c1-11-8-14(17(27)28-2)25-18(24-11)26-7-6-12(9-26)10-29-15-5-3-4-13(20)16(15)19(21,22)23/h3-5,8,12H,6-7,9-10H2,1-2H3. The van der Waals surface area contributed by atoms with Crippen LogP contribution in [-0.2, 0) is 10.9 Å². The van der Waals surface area contributed by atoms with E-state index in [-0.39, 0.29) is 24.0 Å². The molecule has 1 aromatic carbocycles. The minimum Gasteiger partial charge on any atom is -0.493 e. The maximum Gasteiger partial charge on any atom is 0.421 e. The predicted molar refractivity (Wildman–Crippen MR) is 100 cm³/mol. The monoisotopic (exact) mass is 429 g/mol. The Morgan fingerprint density at radius 2 is 2.10 bits per heavy atom. The number of nitrogens with zero attached hydrogens (tertiary/aromatic N) is 3. The van der Waals surface area contributed by atoms with Crippen LogP contribution in [0.15, 0.2) is 24.3 Å². The summed E-state index contributed by atoms with van der Waals surface area (Å²) in [4.78, 5) is 22.2. The average Bonchev–Trinajstić information content (AvgIpc) is 3.13. The molecule has 0 radical (unpaired) electrons. The third kappa shape index (κ3) is 4.90. The summed E-state index contributed by atoms with van der Waals surface area (Å²) in [6.45, 7) is 2.92. The number of anilines is 1. The van der Waals surface area contributed by atoms with Crippen LogP contribution in [-0.4, -0.2) is 42.7 Å². The molecule has 3 rings (SSSR count). The Morgan fingerprint density at radius 1 is 1.34 bits per heavy atom. The second kappa shape index (κ2) is 8.44. The zero-order chi connectivity index (χ0) is 21.2. The average molecular weight is 430 g/mol. The second-order valence-corrected chi connectivity index (χ2v) is 7.12. The van der Waals surface area contributed by atoms with Gasteiger partial charge in [-0.2, -0.15) is 13.2 Å². The number of benzene rings is 1. The molecule has 1 unspecified atom stereocenters. The predicted octanol–water partition coefficient (Wildman–Crippen LogP) is 4.15. The van der Waals surface area contributed by atoms with E-state index in [0.29, 0.717) is 31.2 Å². The number of hydrogen-bond acceptors (Lipinski definition) is 6. The topological polar surface area (TPSA) is 64.5 Å². The van der Waals surface area contributed by atoms with Crippen molar-refractivity contribution in [3.8, 4) is 5.75 Å². The molecule has 0 amide bonds. The van der Waals surface area contributed by atoms with Gasteiger partial charge in [-0.15, -0.1) is 0 Å². The molecule has 1 atom stereocenters. The minimum absolute atomic E-state index is 0.0271. The fourth-order valence-corrected chi connectivity index (χ4v) is 3.43. The van der Waals surface area contributed by atoms with E-state index in [1.807, 2.05) is 4.90 Å². The number of carbonyl (C=O) groups is 1. The third-order valence-electron chi connectivity index (χ3n) is 4.54. The van der Waals surface area contributed by atoms with E-state index < -0.39 is 22.7 Å². The van der Waals surface area contributed by atoms with Gasteiger partial charge in [-0.3, -0.25) is 0 Å². The second-order valence-electron chi connectivity index (χ2n) is 6.71.